The second kappa shape index (κ2) is 7.99. The summed E-state index contributed by atoms with van der Waals surface area (Å²) in [4.78, 5) is 32.6. The molecule has 0 atom stereocenters. The predicted molar refractivity (Wildman–Crippen MR) is 93.5 cm³/mol. The van der Waals surface area contributed by atoms with E-state index in [4.69, 9.17) is 14.2 Å². The maximum atomic E-state index is 11.8. The molecule has 1 amide bonds. The number of nitrogens with zero attached hydrogens (tertiary/aromatic N) is 3. The minimum atomic E-state index is -0.710. The van der Waals surface area contributed by atoms with E-state index in [-0.39, 0.29) is 35.2 Å². The smallest absolute Gasteiger partial charge is 0.310 e. The first-order chi connectivity index (χ1) is 13.5. The number of benzene rings is 2. The van der Waals surface area contributed by atoms with E-state index in [1.165, 1.54) is 36.4 Å². The molecule has 0 saturated carbocycles. The van der Waals surface area contributed by atoms with Crippen molar-refractivity contribution < 1.29 is 28.9 Å². The number of amides is 1. The van der Waals surface area contributed by atoms with E-state index in [1.807, 2.05) is 0 Å². The number of fused-ring (bicyclic) bond motifs is 1. The van der Waals surface area contributed by atoms with Gasteiger partial charge in [-0.05, 0) is 12.1 Å². The fourth-order valence-electron chi connectivity index (χ4n) is 2.29. The fraction of sp³-hybridized carbons (Fsp3) is 0.125. The molecular weight excluding hydrogens is 376 g/mol. The summed E-state index contributed by atoms with van der Waals surface area (Å²) in [6.45, 7) is -0.585. The Labute approximate surface area is 156 Å². The quantitative estimate of drug-likeness (QED) is 0.427. The molecule has 1 aliphatic rings. The summed E-state index contributed by atoms with van der Waals surface area (Å²) >= 11 is 0. The van der Waals surface area contributed by atoms with Crippen LogP contribution in [0.2, 0.25) is 0 Å². The Morgan fingerprint density at radius 1 is 1.14 bits per heavy atom. The minimum Gasteiger partial charge on any atom is -0.477 e. The summed E-state index contributed by atoms with van der Waals surface area (Å²) in [5, 5.41) is 25.7. The number of hydrogen-bond donors (Lipinski definition) is 1. The summed E-state index contributed by atoms with van der Waals surface area (Å²) in [6, 6.07) is 8.14. The molecule has 3 rings (SSSR count). The van der Waals surface area contributed by atoms with E-state index in [0.717, 1.165) is 6.21 Å². The van der Waals surface area contributed by atoms with E-state index in [9.17, 15) is 25.0 Å². The highest BCUT2D eigenvalue weighted by Crippen LogP contribution is 2.37. The molecule has 28 heavy (non-hydrogen) atoms. The fourth-order valence-corrected chi connectivity index (χ4v) is 2.29. The van der Waals surface area contributed by atoms with Crippen molar-refractivity contribution in [2.75, 3.05) is 13.4 Å². The number of carbonyl (C=O) groups excluding carboxylic acids is 1. The number of ether oxygens (including phenoxy) is 3. The zero-order chi connectivity index (χ0) is 20.1. The van der Waals surface area contributed by atoms with E-state index < -0.39 is 22.4 Å². The van der Waals surface area contributed by atoms with Crippen LogP contribution >= 0.6 is 0 Å². The van der Waals surface area contributed by atoms with Gasteiger partial charge in [0.2, 0.25) is 6.79 Å². The lowest BCUT2D eigenvalue weighted by Gasteiger charge is -2.05. The molecular formula is C16H12N4O8. The van der Waals surface area contributed by atoms with Crippen molar-refractivity contribution in [3.8, 4) is 17.2 Å². The number of nitro groups is 2. The average molecular weight is 388 g/mol. The third kappa shape index (κ3) is 4.12. The Hall–Kier alpha value is -4.22. The van der Waals surface area contributed by atoms with Gasteiger partial charge in [0.05, 0.1) is 27.7 Å². The Morgan fingerprint density at radius 2 is 1.82 bits per heavy atom. The third-order valence-corrected chi connectivity index (χ3v) is 3.53. The van der Waals surface area contributed by atoms with Gasteiger partial charge in [-0.25, -0.2) is 5.43 Å². The number of nitrogens with one attached hydrogen (secondary N) is 1. The number of nitro benzene ring substituents is 2. The normalized spacial score (nSPS) is 12.0. The highest BCUT2D eigenvalue weighted by atomic mass is 16.7. The van der Waals surface area contributed by atoms with E-state index in [2.05, 4.69) is 10.5 Å². The Morgan fingerprint density at radius 3 is 2.54 bits per heavy atom. The first-order valence-electron chi connectivity index (χ1n) is 7.72. The standard InChI is InChI=1S/C16H12N4O8/c21-16(8-26-13-4-2-1-3-11(13)19(22)23)18-17-7-10-5-14-15(28-9-27-14)6-12(10)20(24)25/h1-7H,8-9H2,(H,18,21)/b17-7+. The highest BCUT2D eigenvalue weighted by Gasteiger charge is 2.22. The molecule has 0 saturated heterocycles. The van der Waals surface area contributed by atoms with Crippen molar-refractivity contribution in [2.24, 2.45) is 5.10 Å². The molecule has 0 aliphatic carbocycles. The second-order valence-corrected chi connectivity index (χ2v) is 5.33. The largest absolute Gasteiger partial charge is 0.477 e. The van der Waals surface area contributed by atoms with Crippen LogP contribution in [0.1, 0.15) is 5.56 Å². The van der Waals surface area contributed by atoms with Crippen molar-refractivity contribution in [2.45, 2.75) is 0 Å². The molecule has 0 radical (unpaired) electrons. The van der Waals surface area contributed by atoms with Crippen LogP contribution in [0.15, 0.2) is 41.5 Å². The zero-order valence-corrected chi connectivity index (χ0v) is 14.1. The van der Waals surface area contributed by atoms with Crippen molar-refractivity contribution in [3.63, 3.8) is 0 Å². The molecule has 1 aliphatic heterocycles. The van der Waals surface area contributed by atoms with Crippen LogP contribution in [0.4, 0.5) is 11.4 Å². The molecule has 0 bridgehead atoms. The van der Waals surface area contributed by atoms with Gasteiger partial charge in [0.25, 0.3) is 11.6 Å². The zero-order valence-electron chi connectivity index (χ0n) is 14.1. The molecule has 2 aromatic carbocycles. The van der Waals surface area contributed by atoms with Gasteiger partial charge in [-0.3, -0.25) is 25.0 Å². The van der Waals surface area contributed by atoms with Crippen LogP contribution < -0.4 is 19.6 Å². The number of rotatable bonds is 7. The van der Waals surface area contributed by atoms with Gasteiger partial charge >= 0.3 is 5.69 Å². The first-order valence-corrected chi connectivity index (χ1v) is 7.72. The molecule has 1 N–H and O–H groups in total. The molecule has 0 spiro atoms. The van der Waals surface area contributed by atoms with Crippen molar-refractivity contribution in [1.82, 2.24) is 5.43 Å². The topological polar surface area (TPSA) is 155 Å². The number of hydrazone groups is 1. The first kappa shape index (κ1) is 18.6. The Balaban J connectivity index is 1.63. The lowest BCUT2D eigenvalue weighted by Crippen LogP contribution is -2.24. The maximum Gasteiger partial charge on any atom is 0.310 e. The van der Waals surface area contributed by atoms with Crippen LogP contribution in [0.5, 0.6) is 17.2 Å². The van der Waals surface area contributed by atoms with Crippen LogP contribution in [0.25, 0.3) is 0 Å². The summed E-state index contributed by atoms with van der Waals surface area (Å²) in [7, 11) is 0. The molecule has 1 heterocycles. The number of hydrogen-bond acceptors (Lipinski definition) is 9. The lowest BCUT2D eigenvalue weighted by molar-refractivity contribution is -0.385. The van der Waals surface area contributed by atoms with Crippen LogP contribution in [-0.2, 0) is 4.79 Å². The van der Waals surface area contributed by atoms with E-state index in [0.29, 0.717) is 5.75 Å². The van der Waals surface area contributed by atoms with Crippen molar-refractivity contribution >= 4 is 23.5 Å². The monoisotopic (exact) mass is 388 g/mol. The number of para-hydroxylation sites is 2. The molecule has 0 fully saturated rings. The van der Waals surface area contributed by atoms with Crippen LogP contribution in [-0.4, -0.2) is 35.4 Å². The molecule has 2 aromatic rings. The maximum absolute atomic E-state index is 11.8. The summed E-state index contributed by atoms with van der Waals surface area (Å²) in [5.74, 6) is -0.223. The van der Waals surface area contributed by atoms with Gasteiger partial charge in [-0.15, -0.1) is 0 Å². The number of carbonyl (C=O) groups is 1. The van der Waals surface area contributed by atoms with Crippen LogP contribution in [0, 0.1) is 20.2 Å². The predicted octanol–water partition coefficient (Wildman–Crippen LogP) is 1.76. The van der Waals surface area contributed by atoms with Gasteiger partial charge in [-0.2, -0.15) is 5.10 Å². The Kier molecular flexibility index (Phi) is 5.30. The SMILES string of the molecule is O=C(COc1ccccc1[N+](=O)[O-])N/N=C/c1cc2c(cc1[N+](=O)[O-])OCO2. The molecule has 0 unspecified atom stereocenters. The van der Waals surface area contributed by atoms with Gasteiger partial charge in [0.1, 0.15) is 0 Å². The van der Waals surface area contributed by atoms with Gasteiger partial charge in [0.15, 0.2) is 23.9 Å². The molecule has 12 nitrogen and oxygen atoms in total. The lowest BCUT2D eigenvalue weighted by atomic mass is 10.1. The van der Waals surface area contributed by atoms with E-state index in [1.54, 1.807) is 0 Å². The molecule has 12 heteroatoms. The summed E-state index contributed by atoms with van der Waals surface area (Å²) < 4.78 is 15.3. The summed E-state index contributed by atoms with van der Waals surface area (Å²) in [5.41, 5.74) is 1.65. The molecule has 144 valence electrons. The molecule has 0 aromatic heterocycles. The third-order valence-electron chi connectivity index (χ3n) is 3.53. The second-order valence-electron chi connectivity index (χ2n) is 5.33. The minimum absolute atomic E-state index is 0.0488. The van der Waals surface area contributed by atoms with Gasteiger partial charge in [-0.1, -0.05) is 12.1 Å². The van der Waals surface area contributed by atoms with Gasteiger partial charge < -0.3 is 14.2 Å². The highest BCUT2D eigenvalue weighted by molar-refractivity contribution is 5.88. The van der Waals surface area contributed by atoms with E-state index >= 15 is 0 Å². The Bertz CT molecular complexity index is 975. The average Bonchev–Trinajstić information content (AvgIpc) is 3.13. The summed E-state index contributed by atoms with van der Waals surface area (Å²) in [6.07, 6.45) is 1.07. The van der Waals surface area contributed by atoms with Crippen molar-refractivity contribution in [3.05, 3.63) is 62.2 Å². The van der Waals surface area contributed by atoms with Gasteiger partial charge in [0, 0.05) is 6.07 Å². The van der Waals surface area contributed by atoms with Crippen LogP contribution in [0.3, 0.4) is 0 Å². The van der Waals surface area contributed by atoms with Crippen molar-refractivity contribution in [1.29, 1.82) is 0 Å².